The van der Waals surface area contributed by atoms with Crippen molar-refractivity contribution in [2.24, 2.45) is 11.3 Å². The lowest BCUT2D eigenvalue weighted by molar-refractivity contribution is 0.135. The molecule has 2 atom stereocenters. The molecule has 1 N–H and O–H groups in total. The highest BCUT2D eigenvalue weighted by molar-refractivity contribution is 4.84. The van der Waals surface area contributed by atoms with Crippen LogP contribution in [0.3, 0.4) is 0 Å². The summed E-state index contributed by atoms with van der Waals surface area (Å²) in [5.74, 6) is 0.869. The summed E-state index contributed by atoms with van der Waals surface area (Å²) in [7, 11) is 2.26. The molecule has 0 aromatic heterocycles. The van der Waals surface area contributed by atoms with E-state index in [1.54, 1.807) is 0 Å². The van der Waals surface area contributed by atoms with E-state index >= 15 is 0 Å². The summed E-state index contributed by atoms with van der Waals surface area (Å²) in [6.07, 6.45) is 3.95. The van der Waals surface area contributed by atoms with Crippen molar-refractivity contribution in [1.29, 1.82) is 0 Å². The van der Waals surface area contributed by atoms with Gasteiger partial charge < -0.3 is 10.2 Å². The zero-order valence-electron chi connectivity index (χ0n) is 11.8. The lowest BCUT2D eigenvalue weighted by Crippen LogP contribution is -2.48. The number of hydrogen-bond acceptors (Lipinski definition) is 2. The molecule has 0 bridgehead atoms. The first kappa shape index (κ1) is 14.0. The van der Waals surface area contributed by atoms with E-state index in [4.69, 9.17) is 0 Å². The van der Waals surface area contributed by atoms with Gasteiger partial charge in [-0.2, -0.15) is 0 Å². The third-order valence-electron chi connectivity index (χ3n) is 3.30. The Balaban J connectivity index is 2.41. The van der Waals surface area contributed by atoms with E-state index in [1.807, 2.05) is 0 Å². The Kier molecular flexibility index (Phi) is 5.26. The molecule has 96 valence electrons. The number of nitrogens with zero attached hydrogens (tertiary/aromatic N) is 1. The molecule has 1 aliphatic rings. The highest BCUT2D eigenvalue weighted by atomic mass is 15.1. The van der Waals surface area contributed by atoms with Gasteiger partial charge in [-0.1, -0.05) is 27.7 Å². The Hall–Kier alpha value is -0.0800. The van der Waals surface area contributed by atoms with E-state index in [1.165, 1.54) is 38.9 Å². The van der Waals surface area contributed by atoms with Crippen LogP contribution >= 0.6 is 0 Å². The zero-order chi connectivity index (χ0) is 12.2. The Bertz CT molecular complexity index is 195. The van der Waals surface area contributed by atoms with Crippen molar-refractivity contribution < 1.29 is 0 Å². The number of rotatable bonds is 4. The first-order valence-corrected chi connectivity index (χ1v) is 6.82. The third-order valence-corrected chi connectivity index (χ3v) is 3.30. The topological polar surface area (TPSA) is 15.3 Å². The SMILES string of the molecule is CCCNC1CC(CC(C)(C)C)CN(C)C1. The van der Waals surface area contributed by atoms with Crippen molar-refractivity contribution in [3.63, 3.8) is 0 Å². The van der Waals surface area contributed by atoms with Gasteiger partial charge in [-0.3, -0.25) is 0 Å². The molecule has 1 fully saturated rings. The Labute approximate surface area is 102 Å². The van der Waals surface area contributed by atoms with Crippen LogP contribution in [0.25, 0.3) is 0 Å². The summed E-state index contributed by atoms with van der Waals surface area (Å²) in [6.45, 7) is 13.0. The van der Waals surface area contributed by atoms with Gasteiger partial charge in [0.05, 0.1) is 0 Å². The van der Waals surface area contributed by atoms with E-state index in [0.29, 0.717) is 11.5 Å². The summed E-state index contributed by atoms with van der Waals surface area (Å²) in [5.41, 5.74) is 0.470. The van der Waals surface area contributed by atoms with E-state index in [9.17, 15) is 0 Å². The maximum Gasteiger partial charge on any atom is 0.0198 e. The number of likely N-dealkylation sites (tertiary alicyclic amines) is 1. The van der Waals surface area contributed by atoms with Gasteiger partial charge in [0.25, 0.3) is 0 Å². The molecule has 0 aliphatic carbocycles. The molecule has 0 amide bonds. The molecular weight excluding hydrogens is 196 g/mol. The lowest BCUT2D eigenvalue weighted by Gasteiger charge is -2.38. The maximum atomic E-state index is 3.68. The minimum absolute atomic E-state index is 0.470. The summed E-state index contributed by atoms with van der Waals surface area (Å²) in [6, 6.07) is 0.714. The lowest BCUT2D eigenvalue weighted by atomic mass is 9.80. The molecule has 1 heterocycles. The molecule has 2 unspecified atom stereocenters. The van der Waals surface area contributed by atoms with E-state index in [-0.39, 0.29) is 0 Å². The fraction of sp³-hybridized carbons (Fsp3) is 1.00. The highest BCUT2D eigenvalue weighted by Gasteiger charge is 2.27. The normalized spacial score (nSPS) is 28.3. The van der Waals surface area contributed by atoms with Crippen LogP contribution in [0.5, 0.6) is 0 Å². The van der Waals surface area contributed by atoms with Gasteiger partial charge in [-0.25, -0.2) is 0 Å². The van der Waals surface area contributed by atoms with Crippen LogP contribution < -0.4 is 5.32 Å². The summed E-state index contributed by atoms with van der Waals surface area (Å²) in [5, 5.41) is 3.68. The highest BCUT2D eigenvalue weighted by Crippen LogP contribution is 2.29. The minimum Gasteiger partial charge on any atom is -0.313 e. The monoisotopic (exact) mass is 226 g/mol. The van der Waals surface area contributed by atoms with Crippen LogP contribution in [0.15, 0.2) is 0 Å². The number of piperidine rings is 1. The van der Waals surface area contributed by atoms with Gasteiger partial charge in [0.2, 0.25) is 0 Å². The summed E-state index contributed by atoms with van der Waals surface area (Å²) >= 11 is 0. The maximum absolute atomic E-state index is 3.68. The van der Waals surface area contributed by atoms with Crippen molar-refractivity contribution in [2.75, 3.05) is 26.7 Å². The molecule has 1 aliphatic heterocycles. The van der Waals surface area contributed by atoms with Gasteiger partial charge in [0, 0.05) is 19.1 Å². The van der Waals surface area contributed by atoms with Crippen molar-refractivity contribution in [3.8, 4) is 0 Å². The minimum atomic E-state index is 0.470. The molecule has 1 rings (SSSR count). The van der Waals surface area contributed by atoms with Gasteiger partial charge in [0.1, 0.15) is 0 Å². The molecule has 0 aromatic carbocycles. The largest absolute Gasteiger partial charge is 0.313 e. The first-order chi connectivity index (χ1) is 7.40. The standard InChI is InChI=1S/C14H30N2/c1-6-7-15-13-8-12(9-14(2,3)4)10-16(5)11-13/h12-13,15H,6-11H2,1-5H3. The van der Waals surface area contributed by atoms with Crippen molar-refractivity contribution >= 4 is 0 Å². The summed E-state index contributed by atoms with van der Waals surface area (Å²) in [4.78, 5) is 2.49. The Morgan fingerprint density at radius 2 is 1.94 bits per heavy atom. The van der Waals surface area contributed by atoms with Gasteiger partial charge in [-0.05, 0) is 44.2 Å². The molecule has 1 saturated heterocycles. The van der Waals surface area contributed by atoms with Crippen LogP contribution in [0.4, 0.5) is 0 Å². The predicted octanol–water partition coefficient (Wildman–Crippen LogP) is 2.74. The summed E-state index contributed by atoms with van der Waals surface area (Å²) < 4.78 is 0. The fourth-order valence-electron chi connectivity index (χ4n) is 2.95. The van der Waals surface area contributed by atoms with E-state index in [0.717, 1.165) is 5.92 Å². The van der Waals surface area contributed by atoms with Crippen molar-refractivity contribution in [2.45, 2.75) is 53.0 Å². The van der Waals surface area contributed by atoms with Crippen molar-refractivity contribution in [1.82, 2.24) is 10.2 Å². The van der Waals surface area contributed by atoms with Gasteiger partial charge in [0.15, 0.2) is 0 Å². The van der Waals surface area contributed by atoms with Crippen LogP contribution in [-0.4, -0.2) is 37.6 Å². The Morgan fingerprint density at radius 3 is 2.50 bits per heavy atom. The van der Waals surface area contributed by atoms with E-state index in [2.05, 4.69) is 45.0 Å². The van der Waals surface area contributed by atoms with Crippen LogP contribution in [0.1, 0.15) is 47.0 Å². The molecular formula is C14H30N2. The first-order valence-electron chi connectivity index (χ1n) is 6.82. The second-order valence-electron chi connectivity index (χ2n) is 6.74. The molecule has 16 heavy (non-hydrogen) atoms. The molecule has 2 heteroatoms. The second kappa shape index (κ2) is 6.02. The molecule has 2 nitrogen and oxygen atoms in total. The number of likely N-dealkylation sites (N-methyl/N-ethyl adjacent to an activating group) is 1. The average Bonchev–Trinajstić information content (AvgIpc) is 2.10. The zero-order valence-corrected chi connectivity index (χ0v) is 11.8. The third kappa shape index (κ3) is 5.31. The second-order valence-corrected chi connectivity index (χ2v) is 6.74. The fourth-order valence-corrected chi connectivity index (χ4v) is 2.95. The molecule has 0 aromatic rings. The van der Waals surface area contributed by atoms with Crippen LogP contribution in [0.2, 0.25) is 0 Å². The van der Waals surface area contributed by atoms with E-state index < -0.39 is 0 Å². The molecule has 0 radical (unpaired) electrons. The van der Waals surface area contributed by atoms with Crippen LogP contribution in [-0.2, 0) is 0 Å². The molecule has 0 spiro atoms. The number of nitrogens with one attached hydrogen (secondary N) is 1. The smallest absolute Gasteiger partial charge is 0.0198 e. The number of hydrogen-bond donors (Lipinski definition) is 1. The Morgan fingerprint density at radius 1 is 1.25 bits per heavy atom. The van der Waals surface area contributed by atoms with Crippen molar-refractivity contribution in [3.05, 3.63) is 0 Å². The molecule has 0 saturated carbocycles. The van der Waals surface area contributed by atoms with Gasteiger partial charge in [-0.15, -0.1) is 0 Å². The average molecular weight is 226 g/mol. The predicted molar refractivity (Wildman–Crippen MR) is 71.8 cm³/mol. The van der Waals surface area contributed by atoms with Crippen LogP contribution in [0, 0.1) is 11.3 Å². The van der Waals surface area contributed by atoms with Gasteiger partial charge >= 0.3 is 0 Å². The quantitative estimate of drug-likeness (QED) is 0.793.